The number of anilines is 1. The SMILES string of the molecule is CNC(=O)c1ccc(/C=C/C(=O)Nc2ccnn2C2CCCC2)cc1. The van der Waals surface area contributed by atoms with Crippen LogP contribution in [0.5, 0.6) is 0 Å². The van der Waals surface area contributed by atoms with Crippen LogP contribution in [0.25, 0.3) is 6.08 Å². The molecule has 2 amide bonds. The van der Waals surface area contributed by atoms with E-state index in [-0.39, 0.29) is 11.8 Å². The van der Waals surface area contributed by atoms with Crippen LogP contribution in [0.15, 0.2) is 42.6 Å². The Labute approximate surface area is 146 Å². The third-order valence-electron chi connectivity index (χ3n) is 4.42. The van der Waals surface area contributed by atoms with Crippen LogP contribution in [0.2, 0.25) is 0 Å². The monoisotopic (exact) mass is 338 g/mol. The highest BCUT2D eigenvalue weighted by molar-refractivity contribution is 6.01. The quantitative estimate of drug-likeness (QED) is 0.823. The molecule has 1 aliphatic rings. The number of carbonyl (C=O) groups is 2. The first-order valence-electron chi connectivity index (χ1n) is 8.52. The van der Waals surface area contributed by atoms with Gasteiger partial charge in [0.25, 0.3) is 5.91 Å². The molecular formula is C19H22N4O2. The maximum Gasteiger partial charge on any atom is 0.251 e. The Hall–Kier alpha value is -2.89. The lowest BCUT2D eigenvalue weighted by Gasteiger charge is -2.13. The van der Waals surface area contributed by atoms with Crippen LogP contribution in [-0.4, -0.2) is 28.6 Å². The molecule has 0 saturated heterocycles. The lowest BCUT2D eigenvalue weighted by atomic mass is 10.1. The number of hydrogen-bond acceptors (Lipinski definition) is 3. The highest BCUT2D eigenvalue weighted by atomic mass is 16.2. The molecule has 2 aromatic rings. The van der Waals surface area contributed by atoms with Gasteiger partial charge in [0.15, 0.2) is 0 Å². The first-order valence-corrected chi connectivity index (χ1v) is 8.52. The molecule has 1 aromatic heterocycles. The molecule has 1 aromatic carbocycles. The smallest absolute Gasteiger partial charge is 0.251 e. The molecule has 1 saturated carbocycles. The summed E-state index contributed by atoms with van der Waals surface area (Å²) >= 11 is 0. The second kappa shape index (κ2) is 7.79. The van der Waals surface area contributed by atoms with Crippen LogP contribution in [0.4, 0.5) is 5.82 Å². The van der Waals surface area contributed by atoms with Gasteiger partial charge in [-0.15, -0.1) is 0 Å². The van der Waals surface area contributed by atoms with E-state index in [1.165, 1.54) is 18.9 Å². The third kappa shape index (κ3) is 4.15. The van der Waals surface area contributed by atoms with Gasteiger partial charge in [0.1, 0.15) is 5.82 Å². The minimum atomic E-state index is -0.199. The van der Waals surface area contributed by atoms with Gasteiger partial charge < -0.3 is 10.6 Å². The predicted molar refractivity (Wildman–Crippen MR) is 97.2 cm³/mol. The molecule has 0 aliphatic heterocycles. The molecular weight excluding hydrogens is 316 g/mol. The summed E-state index contributed by atoms with van der Waals surface area (Å²) in [5.74, 6) is 0.403. The predicted octanol–water partition coefficient (Wildman–Crippen LogP) is 3.01. The van der Waals surface area contributed by atoms with Crippen LogP contribution < -0.4 is 10.6 Å². The fourth-order valence-electron chi connectivity index (χ4n) is 3.08. The summed E-state index contributed by atoms with van der Waals surface area (Å²) in [5.41, 5.74) is 1.44. The molecule has 1 aliphatic carbocycles. The second-order valence-corrected chi connectivity index (χ2v) is 6.12. The van der Waals surface area contributed by atoms with Gasteiger partial charge in [-0.2, -0.15) is 5.10 Å². The van der Waals surface area contributed by atoms with E-state index in [9.17, 15) is 9.59 Å². The first kappa shape index (κ1) is 17.0. The van der Waals surface area contributed by atoms with Crippen LogP contribution in [0.1, 0.15) is 47.6 Å². The summed E-state index contributed by atoms with van der Waals surface area (Å²) < 4.78 is 1.91. The Kier molecular flexibility index (Phi) is 5.28. The molecule has 0 spiro atoms. The molecule has 0 radical (unpaired) electrons. The number of nitrogens with zero attached hydrogens (tertiary/aromatic N) is 2. The minimum Gasteiger partial charge on any atom is -0.355 e. The van der Waals surface area contributed by atoms with E-state index in [0.29, 0.717) is 11.6 Å². The molecule has 0 bridgehead atoms. The fraction of sp³-hybridized carbons (Fsp3) is 0.316. The summed E-state index contributed by atoms with van der Waals surface area (Å²) in [7, 11) is 1.59. The summed E-state index contributed by atoms with van der Waals surface area (Å²) in [4.78, 5) is 23.7. The second-order valence-electron chi connectivity index (χ2n) is 6.12. The van der Waals surface area contributed by atoms with Gasteiger partial charge in [0.2, 0.25) is 5.91 Å². The standard InChI is InChI=1S/C19H22N4O2/c1-20-19(25)15-9-6-14(7-10-15)8-11-18(24)22-17-12-13-21-23(17)16-4-2-3-5-16/h6-13,16H,2-5H2,1H3,(H,20,25)(H,22,24)/b11-8+. The maximum absolute atomic E-state index is 12.2. The highest BCUT2D eigenvalue weighted by Gasteiger charge is 2.20. The van der Waals surface area contributed by atoms with Crippen LogP contribution in [-0.2, 0) is 4.79 Å². The van der Waals surface area contributed by atoms with Crippen LogP contribution >= 0.6 is 0 Å². The molecule has 6 heteroatoms. The largest absolute Gasteiger partial charge is 0.355 e. The average Bonchev–Trinajstić information content (AvgIpc) is 3.31. The molecule has 6 nitrogen and oxygen atoms in total. The topological polar surface area (TPSA) is 76.0 Å². The zero-order valence-electron chi connectivity index (χ0n) is 14.2. The van der Waals surface area contributed by atoms with Gasteiger partial charge in [-0.1, -0.05) is 25.0 Å². The van der Waals surface area contributed by atoms with Crippen LogP contribution in [0.3, 0.4) is 0 Å². The van der Waals surface area contributed by atoms with Gasteiger partial charge in [0.05, 0.1) is 12.2 Å². The lowest BCUT2D eigenvalue weighted by Crippen LogP contribution is -2.17. The van der Waals surface area contributed by atoms with E-state index < -0.39 is 0 Å². The van der Waals surface area contributed by atoms with Gasteiger partial charge in [-0.3, -0.25) is 9.59 Å². The average molecular weight is 338 g/mol. The van der Waals surface area contributed by atoms with Crippen molar-refractivity contribution in [3.05, 3.63) is 53.7 Å². The van der Waals surface area contributed by atoms with E-state index in [4.69, 9.17) is 0 Å². The molecule has 0 atom stereocenters. The highest BCUT2D eigenvalue weighted by Crippen LogP contribution is 2.31. The van der Waals surface area contributed by atoms with Crippen molar-refractivity contribution >= 4 is 23.7 Å². The number of rotatable bonds is 5. The van der Waals surface area contributed by atoms with Crippen LogP contribution in [0, 0.1) is 0 Å². The number of aromatic nitrogens is 2. The maximum atomic E-state index is 12.2. The molecule has 25 heavy (non-hydrogen) atoms. The van der Waals surface area contributed by atoms with E-state index in [2.05, 4.69) is 15.7 Å². The molecule has 3 rings (SSSR count). The molecule has 130 valence electrons. The summed E-state index contributed by atoms with van der Waals surface area (Å²) in [5, 5.41) is 9.81. The van der Waals surface area contributed by atoms with E-state index >= 15 is 0 Å². The fourth-order valence-corrected chi connectivity index (χ4v) is 3.08. The van der Waals surface area contributed by atoms with E-state index in [1.807, 2.05) is 10.7 Å². The van der Waals surface area contributed by atoms with E-state index in [1.54, 1.807) is 43.6 Å². The summed E-state index contributed by atoms with van der Waals surface area (Å²) in [6.07, 6.45) is 9.57. The van der Waals surface area contributed by atoms with Crippen molar-refractivity contribution < 1.29 is 9.59 Å². The summed E-state index contributed by atoms with van der Waals surface area (Å²) in [6, 6.07) is 9.26. The molecule has 2 N–H and O–H groups in total. The number of hydrogen-bond donors (Lipinski definition) is 2. The Morgan fingerprint density at radius 3 is 2.56 bits per heavy atom. The molecule has 1 fully saturated rings. The van der Waals surface area contributed by atoms with Crippen molar-refractivity contribution in [1.29, 1.82) is 0 Å². The Bertz CT molecular complexity index is 771. The number of amides is 2. The minimum absolute atomic E-state index is 0.131. The van der Waals surface area contributed by atoms with Crippen molar-refractivity contribution in [1.82, 2.24) is 15.1 Å². The van der Waals surface area contributed by atoms with E-state index in [0.717, 1.165) is 24.2 Å². The van der Waals surface area contributed by atoms with Crippen molar-refractivity contribution in [2.45, 2.75) is 31.7 Å². The number of nitrogens with one attached hydrogen (secondary N) is 2. The van der Waals surface area contributed by atoms with Gasteiger partial charge in [-0.05, 0) is 36.6 Å². The Morgan fingerprint density at radius 1 is 1.16 bits per heavy atom. The lowest BCUT2D eigenvalue weighted by molar-refractivity contribution is -0.111. The van der Waals surface area contributed by atoms with Crippen molar-refractivity contribution in [2.24, 2.45) is 0 Å². The zero-order valence-corrected chi connectivity index (χ0v) is 14.2. The number of carbonyl (C=O) groups excluding carboxylic acids is 2. The summed E-state index contributed by atoms with van der Waals surface area (Å²) in [6.45, 7) is 0. The molecule has 1 heterocycles. The van der Waals surface area contributed by atoms with Crippen molar-refractivity contribution in [2.75, 3.05) is 12.4 Å². The Morgan fingerprint density at radius 2 is 1.88 bits per heavy atom. The Balaban J connectivity index is 1.62. The van der Waals surface area contributed by atoms with Gasteiger partial charge >= 0.3 is 0 Å². The zero-order chi connectivity index (χ0) is 17.6. The van der Waals surface area contributed by atoms with Gasteiger partial charge in [-0.25, -0.2) is 4.68 Å². The molecule has 0 unspecified atom stereocenters. The van der Waals surface area contributed by atoms with Gasteiger partial charge in [0, 0.05) is 24.8 Å². The van der Waals surface area contributed by atoms with Crippen molar-refractivity contribution in [3.63, 3.8) is 0 Å². The first-order chi connectivity index (χ1) is 12.2. The normalized spacial score (nSPS) is 14.8. The third-order valence-corrected chi connectivity index (χ3v) is 4.42. The number of benzene rings is 1. The van der Waals surface area contributed by atoms with Crippen molar-refractivity contribution in [3.8, 4) is 0 Å².